The minimum Gasteiger partial charge on any atom is -0.458 e. The predicted octanol–water partition coefficient (Wildman–Crippen LogP) is 3.18. The van der Waals surface area contributed by atoms with E-state index in [1.54, 1.807) is 29.6 Å². The average molecular weight is 337 g/mol. The van der Waals surface area contributed by atoms with Crippen molar-refractivity contribution < 1.29 is 12.8 Å². The van der Waals surface area contributed by atoms with Gasteiger partial charge in [-0.3, -0.25) is 5.10 Å². The molecule has 1 fully saturated rings. The molecule has 1 atom stereocenters. The van der Waals surface area contributed by atoms with Crippen molar-refractivity contribution >= 4 is 10.0 Å². The van der Waals surface area contributed by atoms with E-state index >= 15 is 0 Å². The third kappa shape index (κ3) is 3.21. The summed E-state index contributed by atoms with van der Waals surface area (Å²) in [5.41, 5.74) is 0.677. The summed E-state index contributed by atoms with van der Waals surface area (Å²) in [7, 11) is -3.51. The zero-order chi connectivity index (χ0) is 16.4. The summed E-state index contributed by atoms with van der Waals surface area (Å²) in [4.78, 5) is 0.261. The Morgan fingerprint density at radius 2 is 2.22 bits per heavy atom. The number of nitrogens with one attached hydrogen (secondary N) is 1. The lowest BCUT2D eigenvalue weighted by atomic mass is 9.98. The van der Waals surface area contributed by atoms with Gasteiger partial charge in [-0.1, -0.05) is 13.3 Å². The van der Waals surface area contributed by atoms with Gasteiger partial charge in [-0.2, -0.15) is 9.40 Å². The molecular weight excluding hydrogens is 314 g/mol. The van der Waals surface area contributed by atoms with Gasteiger partial charge in [-0.25, -0.2) is 8.42 Å². The number of furan rings is 1. The topological polar surface area (TPSA) is 79.2 Å². The fraction of sp³-hybridized carbons (Fsp3) is 0.562. The van der Waals surface area contributed by atoms with Crippen LogP contribution in [-0.4, -0.2) is 36.0 Å². The third-order valence-corrected chi connectivity index (χ3v) is 6.65. The van der Waals surface area contributed by atoms with E-state index in [4.69, 9.17) is 4.42 Å². The largest absolute Gasteiger partial charge is 0.458 e. The van der Waals surface area contributed by atoms with Crippen molar-refractivity contribution in [2.45, 2.75) is 44.4 Å². The number of H-pyrrole nitrogens is 1. The molecule has 1 saturated heterocycles. The zero-order valence-electron chi connectivity index (χ0n) is 13.6. The number of aromatic amines is 1. The van der Waals surface area contributed by atoms with Crippen LogP contribution in [0.5, 0.6) is 0 Å². The quantitative estimate of drug-likeness (QED) is 0.929. The molecule has 7 heteroatoms. The van der Waals surface area contributed by atoms with E-state index in [0.717, 1.165) is 25.7 Å². The van der Waals surface area contributed by atoms with Gasteiger partial charge in [0, 0.05) is 25.4 Å². The monoisotopic (exact) mass is 337 g/mol. The summed E-state index contributed by atoms with van der Waals surface area (Å²) >= 11 is 0. The summed E-state index contributed by atoms with van der Waals surface area (Å²) in [5, 5.41) is 6.67. The zero-order valence-corrected chi connectivity index (χ0v) is 14.4. The summed E-state index contributed by atoms with van der Waals surface area (Å²) < 4.78 is 33.2. The molecule has 1 aliphatic rings. The Labute approximate surface area is 136 Å². The highest BCUT2D eigenvalue weighted by Gasteiger charge is 2.30. The Balaban J connectivity index is 1.88. The lowest BCUT2D eigenvalue weighted by Gasteiger charge is -2.19. The van der Waals surface area contributed by atoms with E-state index in [-0.39, 0.29) is 4.90 Å². The third-order valence-electron chi connectivity index (χ3n) is 4.64. The molecule has 0 amide bonds. The first-order chi connectivity index (χ1) is 11.0. The number of hydrogen-bond donors (Lipinski definition) is 1. The van der Waals surface area contributed by atoms with Gasteiger partial charge in [-0.05, 0) is 38.2 Å². The molecule has 3 rings (SSSR count). The van der Waals surface area contributed by atoms with Gasteiger partial charge in [0.15, 0.2) is 5.76 Å². The number of nitrogens with zero attached hydrogens (tertiary/aromatic N) is 2. The van der Waals surface area contributed by atoms with Crippen LogP contribution in [0.15, 0.2) is 27.6 Å². The molecule has 23 heavy (non-hydrogen) atoms. The van der Waals surface area contributed by atoms with Gasteiger partial charge in [0.25, 0.3) is 0 Å². The Kier molecular flexibility index (Phi) is 4.59. The van der Waals surface area contributed by atoms with Crippen LogP contribution in [0.4, 0.5) is 0 Å². The van der Waals surface area contributed by atoms with E-state index < -0.39 is 10.0 Å². The fourth-order valence-electron chi connectivity index (χ4n) is 3.17. The van der Waals surface area contributed by atoms with Gasteiger partial charge >= 0.3 is 0 Å². The van der Waals surface area contributed by atoms with Crippen molar-refractivity contribution in [1.82, 2.24) is 14.5 Å². The average Bonchev–Trinajstić information content (AvgIpc) is 3.11. The maximum absolute atomic E-state index is 13.0. The highest BCUT2D eigenvalue weighted by Crippen LogP contribution is 2.31. The number of sulfonamides is 1. The summed E-state index contributed by atoms with van der Waals surface area (Å²) in [6, 6.07) is 3.35. The Hall–Kier alpha value is -1.60. The number of rotatable bonds is 4. The van der Waals surface area contributed by atoms with Crippen LogP contribution in [0.3, 0.4) is 0 Å². The van der Waals surface area contributed by atoms with E-state index in [1.807, 2.05) is 0 Å². The van der Waals surface area contributed by atoms with Gasteiger partial charge in [0.1, 0.15) is 16.3 Å². The van der Waals surface area contributed by atoms with Gasteiger partial charge in [0.05, 0.1) is 0 Å². The van der Waals surface area contributed by atoms with Gasteiger partial charge < -0.3 is 4.42 Å². The predicted molar refractivity (Wildman–Crippen MR) is 87.4 cm³/mol. The molecular formula is C16H23N3O3S. The van der Waals surface area contributed by atoms with Crippen LogP contribution in [0.2, 0.25) is 0 Å². The van der Waals surface area contributed by atoms with Crippen LogP contribution in [-0.2, 0) is 10.0 Å². The van der Waals surface area contributed by atoms with Crippen LogP contribution >= 0.6 is 0 Å². The molecule has 0 spiro atoms. The first kappa shape index (κ1) is 16.3. The highest BCUT2D eigenvalue weighted by atomic mass is 32.2. The molecule has 2 aromatic heterocycles. The van der Waals surface area contributed by atoms with E-state index in [0.29, 0.717) is 36.2 Å². The van der Waals surface area contributed by atoms with Crippen molar-refractivity contribution in [3.63, 3.8) is 0 Å². The maximum Gasteiger partial charge on any atom is 0.246 e. The number of hydrogen-bond acceptors (Lipinski definition) is 4. The molecule has 1 aliphatic heterocycles. The molecule has 1 N–H and O–H groups in total. The van der Waals surface area contributed by atoms with Crippen molar-refractivity contribution in [2.75, 3.05) is 13.1 Å². The van der Waals surface area contributed by atoms with E-state index in [1.165, 1.54) is 0 Å². The second-order valence-electron chi connectivity index (χ2n) is 6.11. The van der Waals surface area contributed by atoms with Crippen molar-refractivity contribution in [3.8, 4) is 11.5 Å². The van der Waals surface area contributed by atoms with Crippen molar-refractivity contribution in [2.24, 2.45) is 5.92 Å². The molecule has 0 aromatic carbocycles. The normalized spacial score (nSPS) is 20.5. The summed E-state index contributed by atoms with van der Waals surface area (Å²) in [5.74, 6) is 1.55. The second-order valence-corrected chi connectivity index (χ2v) is 8.02. The van der Waals surface area contributed by atoms with E-state index in [9.17, 15) is 8.42 Å². The first-order valence-electron chi connectivity index (χ1n) is 8.12. The van der Waals surface area contributed by atoms with Crippen LogP contribution in [0.25, 0.3) is 11.5 Å². The molecule has 0 saturated carbocycles. The smallest absolute Gasteiger partial charge is 0.246 e. The number of aromatic nitrogens is 2. The van der Waals surface area contributed by atoms with Crippen molar-refractivity contribution in [1.29, 1.82) is 0 Å². The summed E-state index contributed by atoms with van der Waals surface area (Å²) in [6.07, 6.45) is 5.68. The summed E-state index contributed by atoms with van der Waals surface area (Å²) in [6.45, 7) is 5.04. The van der Waals surface area contributed by atoms with E-state index in [2.05, 4.69) is 17.1 Å². The number of aryl methyl sites for hydroxylation is 1. The molecule has 0 bridgehead atoms. The van der Waals surface area contributed by atoms with Crippen LogP contribution in [0, 0.1) is 12.8 Å². The Bertz CT molecular complexity index is 750. The van der Waals surface area contributed by atoms with Crippen LogP contribution < -0.4 is 0 Å². The molecule has 0 aliphatic carbocycles. The highest BCUT2D eigenvalue weighted by molar-refractivity contribution is 7.89. The fourth-order valence-corrected chi connectivity index (χ4v) is 4.83. The maximum atomic E-state index is 13.0. The Morgan fingerprint density at radius 3 is 2.91 bits per heavy atom. The molecule has 126 valence electrons. The Morgan fingerprint density at radius 1 is 1.39 bits per heavy atom. The minimum atomic E-state index is -3.51. The van der Waals surface area contributed by atoms with Gasteiger partial charge in [-0.15, -0.1) is 0 Å². The van der Waals surface area contributed by atoms with Gasteiger partial charge in [0.2, 0.25) is 10.0 Å². The minimum absolute atomic E-state index is 0.261. The lowest BCUT2D eigenvalue weighted by molar-refractivity contribution is 0.406. The first-order valence-corrected chi connectivity index (χ1v) is 9.56. The standard InChI is InChI=1S/C16H23N3O3S/c1-3-13-5-4-9-19(10-7-13)23(20,21)16-11-15(22-12(16)2)14-6-8-17-18-14/h6,8,11,13H,3-5,7,9-10H2,1-2H3,(H,17,18). The SMILES string of the molecule is CCC1CCCN(S(=O)(=O)c2cc(-c3ccn[nH]3)oc2C)CC1. The molecule has 1 unspecified atom stereocenters. The molecule has 6 nitrogen and oxygen atoms in total. The van der Waals surface area contributed by atoms with Crippen LogP contribution in [0.1, 0.15) is 38.4 Å². The molecule has 2 aromatic rings. The van der Waals surface area contributed by atoms with Crippen molar-refractivity contribution in [3.05, 3.63) is 24.1 Å². The molecule has 3 heterocycles. The lowest BCUT2D eigenvalue weighted by Crippen LogP contribution is -2.32. The molecule has 0 radical (unpaired) electrons. The second kappa shape index (κ2) is 6.49.